The van der Waals surface area contributed by atoms with Crippen LogP contribution in [0.15, 0.2) is 162 Å². The van der Waals surface area contributed by atoms with E-state index in [0.29, 0.717) is 5.56 Å². The van der Waals surface area contributed by atoms with Crippen molar-refractivity contribution in [2.24, 2.45) is 0 Å². The first-order valence-electron chi connectivity index (χ1n) is 22.6. The van der Waals surface area contributed by atoms with Gasteiger partial charge in [0.15, 0.2) is 5.65 Å². The first-order valence-corrected chi connectivity index (χ1v) is 28.9. The Balaban J connectivity index is 0.000000197. The fourth-order valence-electron chi connectivity index (χ4n) is 8.21. The van der Waals surface area contributed by atoms with E-state index in [9.17, 15) is 0 Å². The van der Waals surface area contributed by atoms with E-state index in [0.717, 1.165) is 71.4 Å². The summed E-state index contributed by atoms with van der Waals surface area (Å²) in [5.74, 6) is 8.08. The molecule has 0 aliphatic rings. The van der Waals surface area contributed by atoms with Crippen LogP contribution in [0.4, 0.5) is 0 Å². The Bertz CT molecular complexity index is 3260. The number of nitrogens with zero attached hydrogens (tertiary/aromatic N) is 5. The van der Waals surface area contributed by atoms with Crippen LogP contribution in [-0.2, 0) is 26.5 Å². The molecule has 6 aromatic carbocycles. The van der Waals surface area contributed by atoms with Crippen molar-refractivity contribution >= 4 is 50.8 Å². The van der Waals surface area contributed by atoms with E-state index in [4.69, 9.17) is 12.1 Å². The summed E-state index contributed by atoms with van der Waals surface area (Å²) in [6.07, 6.45) is 2.04. The molecule has 0 saturated carbocycles. The van der Waals surface area contributed by atoms with E-state index < -0.39 is 19.6 Å². The summed E-state index contributed by atoms with van der Waals surface area (Å²) in [7, 11) is 0. The molecule has 0 atom stereocenters. The van der Waals surface area contributed by atoms with Crippen LogP contribution in [0.3, 0.4) is 0 Å². The van der Waals surface area contributed by atoms with Crippen LogP contribution >= 0.6 is 0 Å². The Labute approximate surface area is 395 Å². The molecule has 4 heterocycles. The Morgan fingerprint density at radius 1 is 0.719 bits per heavy atom. The Morgan fingerprint density at radius 3 is 2.09 bits per heavy atom. The fourth-order valence-corrected chi connectivity index (χ4v) is 11.1. The van der Waals surface area contributed by atoms with Gasteiger partial charge in [-0.25, -0.2) is 0 Å². The van der Waals surface area contributed by atoms with Gasteiger partial charge < -0.3 is 8.98 Å². The second-order valence-electron chi connectivity index (χ2n) is 17.5. The molecule has 10 aromatic rings. The maximum atomic E-state index is 8.85. The molecular weight excluding hydrogens is 1020 g/mol. The van der Waals surface area contributed by atoms with Gasteiger partial charge in [-0.1, -0.05) is 87.2 Å². The smallest absolute Gasteiger partial charge is 0 e. The molecule has 321 valence electrons. The van der Waals surface area contributed by atoms with Gasteiger partial charge in [0.25, 0.3) is 0 Å². The predicted octanol–water partition coefficient (Wildman–Crippen LogP) is 13.8. The molecule has 10 rings (SSSR count). The molecule has 0 fully saturated rings. The Morgan fingerprint density at radius 2 is 1.41 bits per heavy atom. The van der Waals surface area contributed by atoms with Crippen molar-refractivity contribution in [2.75, 3.05) is 0 Å². The number of aromatic nitrogens is 5. The van der Waals surface area contributed by atoms with Gasteiger partial charge in [-0.05, 0) is 58.4 Å². The normalized spacial score (nSPS) is 12.3. The second kappa shape index (κ2) is 19.0. The molecule has 0 bridgehead atoms. The summed E-state index contributed by atoms with van der Waals surface area (Å²) < 4.78 is 27.4. The minimum Gasteiger partial charge on any atom is 0 e. The maximum Gasteiger partial charge on any atom is 0 e. The van der Waals surface area contributed by atoms with Gasteiger partial charge in [0, 0.05) is 31.2 Å². The van der Waals surface area contributed by atoms with Gasteiger partial charge in [-0.3, -0.25) is 4.98 Å². The zero-order valence-corrected chi connectivity index (χ0v) is 41.6. The van der Waals surface area contributed by atoms with Crippen LogP contribution in [0.2, 0.25) is 17.3 Å². The zero-order valence-electron chi connectivity index (χ0n) is 39.1. The average molecular weight is 1080 g/mol. The number of para-hydroxylation sites is 1. The van der Waals surface area contributed by atoms with Crippen LogP contribution in [0.25, 0.3) is 72.6 Å². The van der Waals surface area contributed by atoms with Crippen molar-refractivity contribution in [2.45, 2.75) is 63.2 Å². The first kappa shape index (κ1) is 42.0. The zero-order chi connectivity index (χ0) is 45.5. The Hall–Kier alpha value is -5.99. The summed E-state index contributed by atoms with van der Waals surface area (Å²) >= 11 is -2.30. The molecule has 64 heavy (non-hydrogen) atoms. The van der Waals surface area contributed by atoms with Crippen LogP contribution < -0.4 is 4.40 Å². The van der Waals surface area contributed by atoms with Crippen LogP contribution in [0.5, 0.6) is 0 Å². The van der Waals surface area contributed by atoms with Crippen LogP contribution in [-0.4, -0.2) is 38.0 Å². The number of rotatable bonds is 9. The third kappa shape index (κ3) is 9.03. The van der Waals surface area contributed by atoms with Gasteiger partial charge in [0.05, 0.1) is 17.6 Å². The molecule has 0 aliphatic heterocycles. The van der Waals surface area contributed by atoms with E-state index >= 15 is 0 Å². The van der Waals surface area contributed by atoms with Crippen molar-refractivity contribution < 1.29 is 27.3 Å². The van der Waals surface area contributed by atoms with Gasteiger partial charge >= 0.3 is 144 Å². The van der Waals surface area contributed by atoms with E-state index in [-0.39, 0.29) is 31.9 Å². The third-order valence-corrected chi connectivity index (χ3v) is 15.6. The maximum absolute atomic E-state index is 8.85. The third-order valence-electron chi connectivity index (χ3n) is 11.4. The summed E-state index contributed by atoms with van der Waals surface area (Å²) in [6.45, 7) is 8.98. The van der Waals surface area contributed by atoms with Crippen LogP contribution in [0, 0.1) is 12.1 Å². The van der Waals surface area contributed by atoms with Crippen molar-refractivity contribution in [3.05, 3.63) is 192 Å². The van der Waals surface area contributed by atoms with Crippen molar-refractivity contribution in [3.63, 3.8) is 0 Å². The standard InChI is InChI=1S/C35H29N4O.C21H22GeN.Ir/c1-21(2)28-19-24(23-11-6-5-7-12-23)20-29(22(3)4)32(28)39-34(37-30-17-18-36-38-35(30)39)27-15-10-14-26-25-13-8-9-16-31(25)40-33(26)27;1-22(2,3)20-16-23-21(18-12-8-5-9-13-18)15-19(20)14-17-10-6-4-7-11-17;/h5-14,16-22H,1-4H3;4-12,15-16H,14H2,1-3H3;/q2*-1;/i;14D2;. The Kier molecular flexibility index (Phi) is 12.5. The van der Waals surface area contributed by atoms with E-state index in [1.54, 1.807) is 6.20 Å². The SMILES string of the molecule is CC(C)c1cc(-c2ccccc2)cc(C(C)C)c1-n1c(-c2[c-]ccc3c2oc2ccccc23)nc2ccnnc21.[2H]C([2H])(c1ccccc1)c1cc(-c2[c-]cccc2)nc[c]1[Ge]([CH3])([CH3])[CH3].[Ir]. The summed E-state index contributed by atoms with van der Waals surface area (Å²) in [4.78, 5) is 9.76. The minimum atomic E-state index is -2.30. The number of fused-ring (bicyclic) bond motifs is 4. The quantitative estimate of drug-likeness (QED) is 0.106. The largest absolute Gasteiger partial charge is 0 e. The van der Waals surface area contributed by atoms with E-state index in [2.05, 4.69) is 131 Å². The predicted molar refractivity (Wildman–Crippen MR) is 263 cm³/mol. The molecule has 0 saturated heterocycles. The van der Waals surface area contributed by atoms with Gasteiger partial charge in [0.2, 0.25) is 0 Å². The minimum absolute atomic E-state index is 0. The molecule has 0 aliphatic carbocycles. The van der Waals surface area contributed by atoms with Gasteiger partial charge in [-0.15, -0.1) is 23.3 Å². The van der Waals surface area contributed by atoms with Gasteiger partial charge in [0.1, 0.15) is 11.1 Å². The van der Waals surface area contributed by atoms with E-state index in [1.165, 1.54) is 22.3 Å². The molecule has 4 aromatic heterocycles. The molecule has 1 radical (unpaired) electrons. The average Bonchev–Trinajstić information content (AvgIpc) is 3.90. The van der Waals surface area contributed by atoms with Gasteiger partial charge in [-0.2, -0.15) is 5.10 Å². The van der Waals surface area contributed by atoms with Crippen molar-refractivity contribution in [3.8, 4) is 39.5 Å². The summed E-state index contributed by atoms with van der Waals surface area (Å²) in [6, 6.07) is 55.0. The second-order valence-corrected chi connectivity index (χ2v) is 28.1. The van der Waals surface area contributed by atoms with E-state index in [1.807, 2.05) is 97.2 Å². The molecule has 0 amide bonds. The van der Waals surface area contributed by atoms with Crippen LogP contribution in [0.1, 0.15) is 64.5 Å². The molecule has 0 unspecified atom stereocenters. The number of imidazole rings is 1. The van der Waals surface area contributed by atoms with Crippen molar-refractivity contribution in [1.82, 2.24) is 24.7 Å². The summed E-state index contributed by atoms with van der Waals surface area (Å²) in [5, 5.41) is 11.0. The number of furan rings is 1. The van der Waals surface area contributed by atoms with Crippen molar-refractivity contribution in [1.29, 1.82) is 0 Å². The first-order chi connectivity index (χ1) is 31.3. The topological polar surface area (TPSA) is 69.6 Å². The molecule has 8 heteroatoms. The number of hydrogen-bond donors (Lipinski definition) is 0. The molecule has 6 nitrogen and oxygen atoms in total. The molecule has 0 N–H and O–H groups in total. The molecular formula is C56H51GeIrN5O-2. The fraction of sp³-hybridized carbons (Fsp3) is 0.179. The monoisotopic (exact) mass is 1080 g/mol. The summed E-state index contributed by atoms with van der Waals surface area (Å²) in [5.41, 5.74) is 13.0. The number of benzene rings is 6. The number of pyridine rings is 1. The number of hydrogen-bond acceptors (Lipinski definition) is 5. The molecule has 0 spiro atoms.